The van der Waals surface area contributed by atoms with Gasteiger partial charge < -0.3 is 14.6 Å². The van der Waals surface area contributed by atoms with Crippen LogP contribution >= 0.6 is 11.3 Å². The summed E-state index contributed by atoms with van der Waals surface area (Å²) < 4.78 is 5.34. The van der Waals surface area contributed by atoms with Crippen LogP contribution in [0, 0.1) is 19.8 Å². The lowest BCUT2D eigenvalue weighted by molar-refractivity contribution is -0.140. The molecule has 1 fully saturated rings. The molecule has 3 aromatic rings. The lowest BCUT2D eigenvalue weighted by Crippen LogP contribution is -2.48. The van der Waals surface area contributed by atoms with E-state index in [1.807, 2.05) is 38.4 Å². The summed E-state index contributed by atoms with van der Waals surface area (Å²) in [5, 5.41) is 3.03. The number of benzene rings is 1. The lowest BCUT2D eigenvalue weighted by Gasteiger charge is -2.29. The molecule has 1 aliphatic rings. The molecule has 0 aliphatic carbocycles. The first-order valence-corrected chi connectivity index (χ1v) is 12.2. The summed E-state index contributed by atoms with van der Waals surface area (Å²) in [6.45, 7) is 8.77. The Morgan fingerprint density at radius 2 is 2.00 bits per heavy atom. The van der Waals surface area contributed by atoms with Crippen LogP contribution in [0.25, 0.3) is 10.4 Å². The van der Waals surface area contributed by atoms with Crippen LogP contribution < -0.4 is 5.32 Å². The summed E-state index contributed by atoms with van der Waals surface area (Å²) in [5.41, 5.74) is 5.65. The highest BCUT2D eigenvalue weighted by Crippen LogP contribution is 2.30. The predicted octanol–water partition coefficient (Wildman–Crippen LogP) is 4.46. The number of likely N-dealkylation sites (tertiary alicyclic amines) is 1. The smallest absolute Gasteiger partial charge is 0.243 e. The Morgan fingerprint density at radius 3 is 2.61 bits per heavy atom. The molecular formula is C25H30N4O3S. The summed E-state index contributed by atoms with van der Waals surface area (Å²) in [6.07, 6.45) is 3.04. The van der Waals surface area contributed by atoms with E-state index in [0.29, 0.717) is 31.1 Å². The van der Waals surface area contributed by atoms with E-state index >= 15 is 0 Å². The molecule has 1 aliphatic heterocycles. The Kier molecular flexibility index (Phi) is 6.93. The van der Waals surface area contributed by atoms with E-state index in [-0.39, 0.29) is 17.7 Å². The molecule has 2 atom stereocenters. The van der Waals surface area contributed by atoms with Crippen molar-refractivity contribution in [2.45, 2.75) is 59.0 Å². The number of hydrogen-bond donors (Lipinski definition) is 1. The van der Waals surface area contributed by atoms with E-state index in [1.165, 1.54) is 0 Å². The first-order chi connectivity index (χ1) is 15.8. The third kappa shape index (κ3) is 5.00. The topological polar surface area (TPSA) is 88.3 Å². The zero-order valence-electron chi connectivity index (χ0n) is 19.5. The van der Waals surface area contributed by atoms with Crippen molar-refractivity contribution in [2.75, 3.05) is 6.54 Å². The molecule has 1 saturated heterocycles. The third-order valence-electron chi connectivity index (χ3n) is 6.16. The summed E-state index contributed by atoms with van der Waals surface area (Å²) in [5.74, 6) is 0.00332. The van der Waals surface area contributed by atoms with Gasteiger partial charge in [0.1, 0.15) is 12.3 Å². The Hall–Kier alpha value is -3.00. The molecule has 0 radical (unpaired) electrons. The Balaban J connectivity index is 1.40. The van der Waals surface area contributed by atoms with Crippen LogP contribution in [0.2, 0.25) is 0 Å². The number of hydrogen-bond acceptors (Lipinski definition) is 6. The highest BCUT2D eigenvalue weighted by Gasteiger charge is 2.39. The van der Waals surface area contributed by atoms with E-state index in [0.717, 1.165) is 28.1 Å². The minimum atomic E-state index is -0.453. The molecule has 2 unspecified atom stereocenters. The molecule has 0 saturated carbocycles. The quantitative estimate of drug-likeness (QED) is 0.555. The number of oxazole rings is 1. The second-order valence-electron chi connectivity index (χ2n) is 8.88. The van der Waals surface area contributed by atoms with Gasteiger partial charge in [0.2, 0.25) is 11.8 Å². The van der Waals surface area contributed by atoms with Crippen LogP contribution in [0.5, 0.6) is 0 Å². The fourth-order valence-corrected chi connectivity index (χ4v) is 5.23. The van der Waals surface area contributed by atoms with E-state index in [4.69, 9.17) is 4.42 Å². The standard InChI is InChI=1S/C25H30N4O3S/c1-15(2)22(20-13-32-17(4)28-20)25(31)29-11-5-6-21(29)24(30)26-12-18-7-9-19(10-8-18)23-16(3)27-14-33-23/h7-10,13-15,21-22H,5-6,11-12H2,1-4H3,(H,26,30). The molecule has 33 heavy (non-hydrogen) atoms. The van der Waals surface area contributed by atoms with Gasteiger partial charge >= 0.3 is 0 Å². The molecule has 3 heterocycles. The monoisotopic (exact) mass is 466 g/mol. The number of carbonyl (C=O) groups excluding carboxylic acids is 2. The van der Waals surface area contributed by atoms with E-state index < -0.39 is 12.0 Å². The zero-order valence-corrected chi connectivity index (χ0v) is 20.3. The van der Waals surface area contributed by atoms with Gasteiger partial charge in [-0.3, -0.25) is 9.59 Å². The second kappa shape index (κ2) is 9.87. The Labute approximate surface area is 198 Å². The lowest BCUT2D eigenvalue weighted by atomic mass is 9.91. The van der Waals surface area contributed by atoms with Crippen molar-refractivity contribution in [3.05, 3.63) is 58.9 Å². The number of rotatable bonds is 7. The van der Waals surface area contributed by atoms with Gasteiger partial charge in [0.25, 0.3) is 0 Å². The predicted molar refractivity (Wildman–Crippen MR) is 128 cm³/mol. The van der Waals surface area contributed by atoms with Gasteiger partial charge in [-0.15, -0.1) is 11.3 Å². The maximum atomic E-state index is 13.4. The van der Waals surface area contributed by atoms with Gasteiger partial charge in [-0.2, -0.15) is 0 Å². The van der Waals surface area contributed by atoms with E-state index in [1.54, 1.807) is 29.4 Å². The molecule has 7 nitrogen and oxygen atoms in total. The van der Waals surface area contributed by atoms with Gasteiger partial charge in [0.05, 0.1) is 27.7 Å². The van der Waals surface area contributed by atoms with Crippen LogP contribution in [-0.4, -0.2) is 39.3 Å². The second-order valence-corrected chi connectivity index (χ2v) is 9.74. The summed E-state index contributed by atoms with van der Waals surface area (Å²) in [7, 11) is 0. The number of aryl methyl sites for hydroxylation is 2. The Bertz CT molecular complexity index is 1120. The Morgan fingerprint density at radius 1 is 1.24 bits per heavy atom. The molecule has 2 amide bonds. The first-order valence-electron chi connectivity index (χ1n) is 11.3. The summed E-state index contributed by atoms with van der Waals surface area (Å²) in [4.78, 5) is 38.0. The minimum Gasteiger partial charge on any atom is -0.449 e. The molecule has 1 N–H and O–H groups in total. The van der Waals surface area contributed by atoms with Crippen molar-refractivity contribution in [1.29, 1.82) is 0 Å². The van der Waals surface area contributed by atoms with Gasteiger partial charge in [-0.25, -0.2) is 9.97 Å². The molecule has 8 heteroatoms. The fraction of sp³-hybridized carbons (Fsp3) is 0.440. The van der Waals surface area contributed by atoms with Gasteiger partial charge in [-0.1, -0.05) is 38.1 Å². The first kappa shape index (κ1) is 23.2. The normalized spacial score (nSPS) is 16.9. The van der Waals surface area contributed by atoms with Crippen LogP contribution in [0.3, 0.4) is 0 Å². The van der Waals surface area contributed by atoms with Crippen LogP contribution in [0.15, 0.2) is 40.5 Å². The number of carbonyl (C=O) groups is 2. The molecule has 0 bridgehead atoms. The van der Waals surface area contributed by atoms with E-state index in [9.17, 15) is 9.59 Å². The largest absolute Gasteiger partial charge is 0.449 e. The van der Waals surface area contributed by atoms with Crippen molar-refractivity contribution in [1.82, 2.24) is 20.2 Å². The number of nitrogens with zero attached hydrogens (tertiary/aromatic N) is 3. The molecule has 174 valence electrons. The summed E-state index contributed by atoms with van der Waals surface area (Å²) >= 11 is 1.62. The maximum Gasteiger partial charge on any atom is 0.243 e. The maximum absolute atomic E-state index is 13.4. The fourth-order valence-electron chi connectivity index (χ4n) is 4.42. The number of nitrogens with one attached hydrogen (secondary N) is 1. The van der Waals surface area contributed by atoms with Crippen LogP contribution in [0.1, 0.15) is 55.4 Å². The number of amides is 2. The molecule has 1 aromatic carbocycles. The van der Waals surface area contributed by atoms with Crippen molar-refractivity contribution >= 4 is 23.2 Å². The number of aromatic nitrogens is 2. The zero-order chi connectivity index (χ0) is 23.5. The molecule has 0 spiro atoms. The SMILES string of the molecule is Cc1nc(C(C(=O)N2CCCC2C(=O)NCc2ccc(-c3scnc3C)cc2)C(C)C)co1. The average Bonchev–Trinajstić information content (AvgIpc) is 3.53. The van der Waals surface area contributed by atoms with Crippen molar-refractivity contribution in [3.63, 3.8) is 0 Å². The third-order valence-corrected chi connectivity index (χ3v) is 7.13. The van der Waals surface area contributed by atoms with Crippen molar-refractivity contribution in [2.24, 2.45) is 5.92 Å². The highest BCUT2D eigenvalue weighted by atomic mass is 32.1. The van der Waals surface area contributed by atoms with Gasteiger partial charge in [0, 0.05) is 20.0 Å². The van der Waals surface area contributed by atoms with Crippen LogP contribution in [0.4, 0.5) is 0 Å². The molecule has 2 aromatic heterocycles. The van der Waals surface area contributed by atoms with E-state index in [2.05, 4.69) is 27.4 Å². The van der Waals surface area contributed by atoms with Crippen molar-refractivity contribution < 1.29 is 14.0 Å². The number of thiazole rings is 1. The molecule has 4 rings (SSSR count). The highest BCUT2D eigenvalue weighted by molar-refractivity contribution is 7.13. The van der Waals surface area contributed by atoms with Crippen LogP contribution in [-0.2, 0) is 16.1 Å². The van der Waals surface area contributed by atoms with Gasteiger partial charge in [0.15, 0.2) is 5.89 Å². The molecular weight excluding hydrogens is 436 g/mol. The van der Waals surface area contributed by atoms with Crippen molar-refractivity contribution in [3.8, 4) is 10.4 Å². The minimum absolute atomic E-state index is 0.0482. The van der Waals surface area contributed by atoms with Gasteiger partial charge in [-0.05, 0) is 36.8 Å². The average molecular weight is 467 g/mol. The summed E-state index contributed by atoms with van der Waals surface area (Å²) in [6, 6.07) is 7.70.